The molecule has 2 amide bonds. The van der Waals surface area contributed by atoms with Gasteiger partial charge in [0.05, 0.1) is 32.6 Å². The van der Waals surface area contributed by atoms with Crippen LogP contribution in [0.5, 0.6) is 11.5 Å². The number of carbonyl (C=O) groups is 2. The van der Waals surface area contributed by atoms with Crippen molar-refractivity contribution in [3.63, 3.8) is 0 Å². The molecule has 0 fully saturated rings. The minimum Gasteiger partial charge on any atom is -0.493 e. The summed E-state index contributed by atoms with van der Waals surface area (Å²) in [6.07, 6.45) is 0.190. The van der Waals surface area contributed by atoms with Crippen LogP contribution in [0.3, 0.4) is 0 Å². The smallest absolute Gasteiger partial charge is 0.410 e. The zero-order chi connectivity index (χ0) is 24.1. The molecule has 0 saturated carbocycles. The Morgan fingerprint density at radius 2 is 1.73 bits per heavy atom. The second-order valence-corrected chi connectivity index (χ2v) is 8.54. The third-order valence-electron chi connectivity index (χ3n) is 5.96. The van der Waals surface area contributed by atoms with Gasteiger partial charge >= 0.3 is 6.09 Å². The molecule has 2 aromatic carbocycles. The summed E-state index contributed by atoms with van der Waals surface area (Å²) in [5.41, 5.74) is 2.57. The van der Waals surface area contributed by atoms with Gasteiger partial charge in [-0.25, -0.2) is 4.79 Å². The fourth-order valence-corrected chi connectivity index (χ4v) is 4.35. The molecule has 0 aromatic heterocycles. The van der Waals surface area contributed by atoms with Crippen LogP contribution in [0.1, 0.15) is 51.3 Å². The maximum Gasteiger partial charge on any atom is 0.410 e. The summed E-state index contributed by atoms with van der Waals surface area (Å²) in [5.74, 6) is 0.947. The minimum atomic E-state index is -0.386. The molecule has 7 nitrogen and oxygen atoms in total. The molecular formula is C26H34N2O5. The molecule has 33 heavy (non-hydrogen) atoms. The van der Waals surface area contributed by atoms with E-state index < -0.39 is 0 Å². The molecule has 1 aliphatic heterocycles. The van der Waals surface area contributed by atoms with Gasteiger partial charge in [-0.2, -0.15) is 0 Å². The quantitative estimate of drug-likeness (QED) is 0.576. The maximum atomic E-state index is 13.2. The van der Waals surface area contributed by atoms with Crippen LogP contribution in [0.2, 0.25) is 0 Å². The zero-order valence-corrected chi connectivity index (χ0v) is 20.3. The van der Waals surface area contributed by atoms with Gasteiger partial charge in [-0.15, -0.1) is 0 Å². The topological polar surface area (TPSA) is 68.3 Å². The number of hydrogen-bond donors (Lipinski definition) is 0. The molecule has 0 aliphatic carbocycles. The first-order chi connectivity index (χ1) is 15.8. The number of fused-ring (bicyclic) bond motifs is 1. The van der Waals surface area contributed by atoms with E-state index in [2.05, 4.69) is 0 Å². The predicted molar refractivity (Wildman–Crippen MR) is 128 cm³/mol. The highest BCUT2D eigenvalue weighted by Crippen LogP contribution is 2.46. The van der Waals surface area contributed by atoms with Crippen LogP contribution in [-0.4, -0.2) is 43.8 Å². The summed E-state index contributed by atoms with van der Waals surface area (Å²) in [7, 11) is 3.15. The lowest BCUT2D eigenvalue weighted by molar-refractivity contribution is -0.122. The van der Waals surface area contributed by atoms with Crippen LogP contribution < -0.4 is 14.4 Å². The lowest BCUT2D eigenvalue weighted by Crippen LogP contribution is -2.48. The summed E-state index contributed by atoms with van der Waals surface area (Å²) in [6, 6.07) is 13.1. The molecule has 1 heterocycles. The van der Waals surface area contributed by atoms with Crippen molar-refractivity contribution in [3.8, 4) is 11.5 Å². The number of ether oxygens (including phenoxy) is 3. The molecule has 7 heteroatoms. The number of hydrogen-bond acceptors (Lipinski definition) is 5. The summed E-state index contributed by atoms with van der Waals surface area (Å²) >= 11 is 0. The van der Waals surface area contributed by atoms with E-state index in [1.165, 1.54) is 0 Å². The Labute approximate surface area is 196 Å². The van der Waals surface area contributed by atoms with Crippen molar-refractivity contribution in [2.45, 2.75) is 52.7 Å². The van der Waals surface area contributed by atoms with E-state index in [1.54, 1.807) is 26.0 Å². The van der Waals surface area contributed by atoms with Gasteiger partial charge in [-0.05, 0) is 31.9 Å². The number of benzene rings is 2. The van der Waals surface area contributed by atoms with Gasteiger partial charge in [0.1, 0.15) is 0 Å². The van der Waals surface area contributed by atoms with Gasteiger partial charge in [0, 0.05) is 30.1 Å². The Kier molecular flexibility index (Phi) is 7.84. The van der Waals surface area contributed by atoms with Crippen molar-refractivity contribution in [3.05, 3.63) is 53.6 Å². The van der Waals surface area contributed by atoms with Gasteiger partial charge in [-0.3, -0.25) is 9.69 Å². The summed E-state index contributed by atoms with van der Waals surface area (Å²) in [5, 5.41) is 0. The van der Waals surface area contributed by atoms with Crippen LogP contribution in [0.4, 0.5) is 10.5 Å². The van der Waals surface area contributed by atoms with Gasteiger partial charge in [0.25, 0.3) is 0 Å². The first-order valence-electron chi connectivity index (χ1n) is 11.4. The molecular weight excluding hydrogens is 420 g/mol. The molecule has 3 rings (SSSR count). The zero-order valence-electron chi connectivity index (χ0n) is 20.3. The summed E-state index contributed by atoms with van der Waals surface area (Å²) in [6.45, 7) is 8.27. The Morgan fingerprint density at radius 3 is 2.30 bits per heavy atom. The van der Waals surface area contributed by atoms with Crippen molar-refractivity contribution >= 4 is 17.7 Å². The summed E-state index contributed by atoms with van der Waals surface area (Å²) in [4.78, 5) is 29.9. The first-order valence-corrected chi connectivity index (χ1v) is 11.4. The van der Waals surface area contributed by atoms with E-state index in [0.717, 1.165) is 16.8 Å². The van der Waals surface area contributed by atoms with Gasteiger partial charge in [0.2, 0.25) is 5.91 Å². The van der Waals surface area contributed by atoms with Crippen molar-refractivity contribution in [1.29, 1.82) is 0 Å². The molecule has 0 unspecified atom stereocenters. The third-order valence-corrected chi connectivity index (χ3v) is 5.96. The molecule has 0 bridgehead atoms. The van der Waals surface area contributed by atoms with Gasteiger partial charge < -0.3 is 19.1 Å². The van der Waals surface area contributed by atoms with E-state index >= 15 is 0 Å². The van der Waals surface area contributed by atoms with E-state index in [-0.39, 0.29) is 36.6 Å². The molecule has 0 radical (unpaired) electrons. The van der Waals surface area contributed by atoms with Crippen molar-refractivity contribution in [2.24, 2.45) is 5.92 Å². The van der Waals surface area contributed by atoms with Crippen molar-refractivity contribution < 1.29 is 23.8 Å². The first kappa shape index (κ1) is 24.4. The van der Waals surface area contributed by atoms with Crippen LogP contribution >= 0.6 is 0 Å². The monoisotopic (exact) mass is 454 g/mol. The van der Waals surface area contributed by atoms with Crippen LogP contribution in [0.15, 0.2) is 42.5 Å². The molecule has 1 aliphatic rings. The molecule has 2 aromatic rings. The maximum absolute atomic E-state index is 13.2. The Bertz CT molecular complexity index is 976. The van der Waals surface area contributed by atoms with E-state index in [9.17, 15) is 9.59 Å². The number of methoxy groups -OCH3 is 2. The highest BCUT2D eigenvalue weighted by Gasteiger charge is 2.40. The lowest BCUT2D eigenvalue weighted by Gasteiger charge is -2.44. The largest absolute Gasteiger partial charge is 0.493 e. The highest BCUT2D eigenvalue weighted by molar-refractivity contribution is 5.97. The number of rotatable bonds is 7. The summed E-state index contributed by atoms with van der Waals surface area (Å²) < 4.78 is 16.5. The van der Waals surface area contributed by atoms with Crippen LogP contribution in [0.25, 0.3) is 0 Å². The number of anilines is 1. The normalized spacial score (nSPS) is 17.4. The number of amides is 2. The number of nitrogens with zero attached hydrogens (tertiary/aromatic N) is 2. The van der Waals surface area contributed by atoms with Crippen LogP contribution in [-0.2, 0) is 16.1 Å². The molecule has 0 N–H and O–H groups in total. The predicted octanol–water partition coefficient (Wildman–Crippen LogP) is 5.18. The average Bonchev–Trinajstić information content (AvgIpc) is 2.81. The fraction of sp³-hybridized carbons (Fsp3) is 0.462. The SMILES string of the molecule is CCOC(=O)N(Cc1ccccc1)[C@H]1C[C@@H](C)N(C(=O)C(C)C)c2cc(OC)c(OC)cc21. The molecule has 178 valence electrons. The van der Waals surface area contributed by atoms with Crippen molar-refractivity contribution in [2.75, 3.05) is 25.7 Å². The van der Waals surface area contributed by atoms with E-state index in [4.69, 9.17) is 14.2 Å². The average molecular weight is 455 g/mol. The second-order valence-electron chi connectivity index (χ2n) is 8.54. The lowest BCUT2D eigenvalue weighted by atomic mass is 9.89. The van der Waals surface area contributed by atoms with Gasteiger partial charge in [-0.1, -0.05) is 44.2 Å². The molecule has 0 spiro atoms. The molecule has 2 atom stereocenters. The number of carbonyl (C=O) groups excluding carboxylic acids is 2. The Hall–Kier alpha value is -3.22. The Balaban J connectivity index is 2.16. The molecule has 0 saturated heterocycles. The highest BCUT2D eigenvalue weighted by atomic mass is 16.6. The third kappa shape index (κ3) is 5.07. The fourth-order valence-electron chi connectivity index (χ4n) is 4.35. The van der Waals surface area contributed by atoms with E-state index in [0.29, 0.717) is 24.5 Å². The van der Waals surface area contributed by atoms with Gasteiger partial charge in [0.15, 0.2) is 11.5 Å². The Morgan fingerprint density at radius 1 is 1.09 bits per heavy atom. The minimum absolute atomic E-state index is 0.0279. The second kappa shape index (κ2) is 10.6. The van der Waals surface area contributed by atoms with Crippen molar-refractivity contribution in [1.82, 2.24) is 4.90 Å². The van der Waals surface area contributed by atoms with E-state index in [1.807, 2.05) is 68.1 Å². The van der Waals surface area contributed by atoms with Crippen LogP contribution in [0, 0.1) is 5.92 Å². The standard InChI is InChI=1S/C26H34N2O5/c1-7-33-26(30)27(16-19-11-9-8-10-12-19)21-13-18(4)28(25(29)17(2)3)22-15-24(32-6)23(31-5)14-20(21)22/h8-12,14-15,17-18,21H,7,13,16H2,1-6H3/t18-,21+/m1/s1.